The maximum atomic E-state index is 3.61. The zero-order chi connectivity index (χ0) is 10.3. The van der Waals surface area contributed by atoms with Crippen molar-refractivity contribution in [1.29, 1.82) is 0 Å². The summed E-state index contributed by atoms with van der Waals surface area (Å²) in [4.78, 5) is 0. The van der Waals surface area contributed by atoms with Gasteiger partial charge < -0.3 is 0 Å². The second kappa shape index (κ2) is 4.38. The third kappa shape index (κ3) is 1.91. The Morgan fingerprint density at radius 1 is 1.27 bits per heavy atom. The third-order valence-electron chi connectivity index (χ3n) is 3.73. The van der Waals surface area contributed by atoms with E-state index >= 15 is 0 Å². The second-order valence-electron chi connectivity index (χ2n) is 4.45. The van der Waals surface area contributed by atoms with Crippen molar-refractivity contribution in [2.75, 3.05) is 0 Å². The molecule has 2 aliphatic carbocycles. The normalized spacial score (nSPS) is 29.1. The quantitative estimate of drug-likeness (QED) is 0.636. The van der Waals surface area contributed by atoms with E-state index in [1.54, 1.807) is 0 Å². The minimum Gasteiger partial charge on any atom is -0.259 e. The van der Waals surface area contributed by atoms with Gasteiger partial charge in [0.25, 0.3) is 0 Å². The van der Waals surface area contributed by atoms with Crippen LogP contribution in [0.15, 0.2) is 40.5 Å². The van der Waals surface area contributed by atoms with E-state index in [-0.39, 0.29) is 31.6 Å². The summed E-state index contributed by atoms with van der Waals surface area (Å²) in [6.07, 6.45) is 11.3. The Morgan fingerprint density at radius 3 is 2.33 bits per heavy atom. The van der Waals surface area contributed by atoms with Crippen molar-refractivity contribution in [1.82, 2.24) is 0 Å². The van der Waals surface area contributed by atoms with Crippen LogP contribution in [0.3, 0.4) is 0 Å². The molecule has 0 spiro atoms. The van der Waals surface area contributed by atoms with Crippen molar-refractivity contribution >= 4 is 0 Å². The van der Waals surface area contributed by atoms with Gasteiger partial charge in [0.1, 0.15) is 0 Å². The zero-order valence-corrected chi connectivity index (χ0v) is 12.4. The predicted molar refractivity (Wildman–Crippen MR) is 60.8 cm³/mol. The summed E-state index contributed by atoms with van der Waals surface area (Å²) in [5, 5.41) is 0. The van der Waals surface area contributed by atoms with Crippen LogP contribution in [0.25, 0.3) is 0 Å². The average molecular weight is 277 g/mol. The molecule has 1 atom stereocenters. The SMILES string of the molecule is CC1=[C-]C(C)(C2=CC=CC2)C(C)=C1C.[Zr]. The molecule has 1 unspecified atom stereocenters. The molecule has 0 saturated carbocycles. The van der Waals surface area contributed by atoms with Gasteiger partial charge in [-0.2, -0.15) is 11.1 Å². The van der Waals surface area contributed by atoms with E-state index in [4.69, 9.17) is 0 Å². The van der Waals surface area contributed by atoms with Crippen molar-refractivity contribution in [3.8, 4) is 0 Å². The minimum absolute atomic E-state index is 0. The number of allylic oxidation sites excluding steroid dienone is 8. The van der Waals surface area contributed by atoms with Crippen molar-refractivity contribution < 1.29 is 26.2 Å². The van der Waals surface area contributed by atoms with Gasteiger partial charge in [0, 0.05) is 26.2 Å². The van der Waals surface area contributed by atoms with Crippen molar-refractivity contribution in [2.45, 2.75) is 34.1 Å². The van der Waals surface area contributed by atoms with Gasteiger partial charge in [0.15, 0.2) is 0 Å². The smallest absolute Gasteiger partial charge is 0 e. The predicted octanol–water partition coefficient (Wildman–Crippen LogP) is 3.98. The summed E-state index contributed by atoms with van der Waals surface area (Å²) in [6.45, 7) is 8.87. The zero-order valence-electron chi connectivity index (χ0n) is 9.94. The average Bonchev–Trinajstić information content (AvgIpc) is 2.73. The monoisotopic (exact) mass is 275 g/mol. The molecular formula is C14H17Zr-. The van der Waals surface area contributed by atoms with Crippen molar-refractivity contribution in [3.05, 3.63) is 46.6 Å². The molecule has 0 N–H and O–H groups in total. The minimum atomic E-state index is 0. The molecule has 0 nitrogen and oxygen atoms in total. The summed E-state index contributed by atoms with van der Waals surface area (Å²) >= 11 is 0. The Hall–Kier alpha value is -0.157. The first-order valence-electron chi connectivity index (χ1n) is 5.22. The van der Waals surface area contributed by atoms with Crippen LogP contribution in [0.5, 0.6) is 0 Å². The van der Waals surface area contributed by atoms with Crippen LogP contribution >= 0.6 is 0 Å². The van der Waals surface area contributed by atoms with Crippen LogP contribution in [0.1, 0.15) is 34.1 Å². The Kier molecular flexibility index (Phi) is 3.77. The molecule has 0 bridgehead atoms. The first kappa shape index (κ1) is 12.9. The van der Waals surface area contributed by atoms with Crippen LogP contribution in [0, 0.1) is 11.5 Å². The van der Waals surface area contributed by atoms with E-state index in [0.717, 1.165) is 6.42 Å². The number of hydrogen-bond donors (Lipinski definition) is 0. The van der Waals surface area contributed by atoms with Gasteiger partial charge in [-0.15, -0.1) is 6.92 Å². The van der Waals surface area contributed by atoms with E-state index in [0.29, 0.717) is 0 Å². The van der Waals surface area contributed by atoms with Crippen LogP contribution in [0.4, 0.5) is 0 Å². The molecule has 0 fully saturated rings. The Labute approximate surface area is 112 Å². The van der Waals surface area contributed by atoms with Crippen molar-refractivity contribution in [2.24, 2.45) is 5.41 Å². The van der Waals surface area contributed by atoms with Crippen LogP contribution in [-0.2, 0) is 26.2 Å². The fourth-order valence-corrected chi connectivity index (χ4v) is 2.36. The molecule has 0 aromatic rings. The van der Waals surface area contributed by atoms with Gasteiger partial charge in [0.05, 0.1) is 0 Å². The fourth-order valence-electron chi connectivity index (χ4n) is 2.36. The standard InChI is InChI=1S/C14H17.Zr/c1-10-9-14(4,12(3)11(10)2)13-7-5-6-8-13;/h5-7H,8H2,1-4H3;/q-1;. The van der Waals surface area contributed by atoms with E-state index < -0.39 is 0 Å². The molecule has 0 saturated heterocycles. The molecule has 2 aliphatic rings. The molecule has 0 aliphatic heterocycles. The van der Waals surface area contributed by atoms with Gasteiger partial charge in [-0.1, -0.05) is 50.0 Å². The second-order valence-corrected chi connectivity index (χ2v) is 4.45. The summed E-state index contributed by atoms with van der Waals surface area (Å²) in [5.74, 6) is 0. The van der Waals surface area contributed by atoms with Crippen LogP contribution < -0.4 is 0 Å². The largest absolute Gasteiger partial charge is 0.259 e. The summed E-state index contributed by atoms with van der Waals surface area (Å²) < 4.78 is 0. The molecule has 1 heteroatoms. The molecule has 0 amide bonds. The first-order chi connectivity index (χ1) is 6.55. The molecule has 78 valence electrons. The van der Waals surface area contributed by atoms with Gasteiger partial charge in [-0.3, -0.25) is 6.08 Å². The van der Waals surface area contributed by atoms with E-state index in [1.165, 1.54) is 22.3 Å². The number of rotatable bonds is 1. The number of hydrogen-bond acceptors (Lipinski definition) is 0. The van der Waals surface area contributed by atoms with Crippen molar-refractivity contribution in [3.63, 3.8) is 0 Å². The van der Waals surface area contributed by atoms with Crippen LogP contribution in [-0.4, -0.2) is 0 Å². The Balaban J connectivity index is 0.00000112. The van der Waals surface area contributed by atoms with Gasteiger partial charge in [0.2, 0.25) is 0 Å². The molecule has 0 aromatic heterocycles. The first-order valence-corrected chi connectivity index (χ1v) is 5.22. The van der Waals surface area contributed by atoms with E-state index in [9.17, 15) is 0 Å². The summed E-state index contributed by atoms with van der Waals surface area (Å²) in [5.41, 5.74) is 5.74. The van der Waals surface area contributed by atoms with Gasteiger partial charge >= 0.3 is 0 Å². The molecular weight excluding hydrogens is 259 g/mol. The molecule has 0 radical (unpaired) electrons. The Bertz CT molecular complexity index is 394. The van der Waals surface area contributed by atoms with Gasteiger partial charge in [-0.25, -0.2) is 5.57 Å². The molecule has 2 rings (SSSR count). The fraction of sp³-hybridized carbons (Fsp3) is 0.429. The summed E-state index contributed by atoms with van der Waals surface area (Å²) in [7, 11) is 0. The van der Waals surface area contributed by atoms with E-state index in [1.807, 2.05) is 0 Å². The third-order valence-corrected chi connectivity index (χ3v) is 3.73. The molecule has 0 aromatic carbocycles. The maximum Gasteiger partial charge on any atom is 0 e. The van der Waals surface area contributed by atoms with E-state index in [2.05, 4.69) is 52.0 Å². The topological polar surface area (TPSA) is 0 Å². The molecule has 0 heterocycles. The summed E-state index contributed by atoms with van der Waals surface area (Å²) in [6, 6.07) is 0. The van der Waals surface area contributed by atoms with Gasteiger partial charge in [-0.05, 0) is 6.42 Å². The van der Waals surface area contributed by atoms with Crippen LogP contribution in [0.2, 0.25) is 0 Å². The Morgan fingerprint density at radius 2 is 1.93 bits per heavy atom. The maximum absolute atomic E-state index is 3.61. The molecule has 15 heavy (non-hydrogen) atoms.